The maximum Gasteiger partial charge on any atom is 0.317 e. The molecule has 0 fully saturated rings. The summed E-state index contributed by atoms with van der Waals surface area (Å²) in [5.74, 6) is 0.417. The summed E-state index contributed by atoms with van der Waals surface area (Å²) in [6.07, 6.45) is 3.43. The van der Waals surface area contributed by atoms with E-state index in [0.717, 1.165) is 5.56 Å². The van der Waals surface area contributed by atoms with E-state index in [1.54, 1.807) is 18.2 Å². The van der Waals surface area contributed by atoms with Crippen molar-refractivity contribution in [3.63, 3.8) is 0 Å². The number of nitrogens with zero attached hydrogens (tertiary/aromatic N) is 1. The molecular formula is C12H14ClN3O. The topological polar surface area (TPSA) is 67.5 Å². The number of hydrogen-bond donors (Lipinski definition) is 2. The third kappa shape index (κ3) is 4.70. The molecule has 0 heterocycles. The highest BCUT2D eigenvalue weighted by atomic mass is 35.5. The Morgan fingerprint density at radius 3 is 2.82 bits per heavy atom. The van der Waals surface area contributed by atoms with Crippen molar-refractivity contribution in [2.75, 3.05) is 6.54 Å². The second-order valence-electron chi connectivity index (χ2n) is 3.20. The van der Waals surface area contributed by atoms with Gasteiger partial charge in [-0.15, -0.1) is 0 Å². The Bertz CT molecular complexity index is 455. The van der Waals surface area contributed by atoms with Gasteiger partial charge in [0.15, 0.2) is 0 Å². The van der Waals surface area contributed by atoms with Gasteiger partial charge < -0.3 is 5.73 Å². The zero-order chi connectivity index (χ0) is 12.7. The van der Waals surface area contributed by atoms with Crippen LogP contribution in [0.2, 0.25) is 5.02 Å². The summed E-state index contributed by atoms with van der Waals surface area (Å²) in [7, 11) is 0. The van der Waals surface area contributed by atoms with Crippen LogP contribution in [0.5, 0.6) is 0 Å². The van der Waals surface area contributed by atoms with Gasteiger partial charge in [0, 0.05) is 11.6 Å². The average molecular weight is 252 g/mol. The number of aliphatic imine (C=N–C) groups is 1. The fraction of sp³-hybridized carbons (Fsp3) is 0.167. The number of benzene rings is 1. The minimum absolute atomic E-state index is 0.417. The van der Waals surface area contributed by atoms with Crippen LogP contribution in [0, 0.1) is 0 Å². The van der Waals surface area contributed by atoms with Crippen LogP contribution in [-0.4, -0.2) is 18.4 Å². The van der Waals surface area contributed by atoms with Gasteiger partial charge in [-0.25, -0.2) is 4.79 Å². The van der Waals surface area contributed by atoms with Gasteiger partial charge in [0.1, 0.15) is 5.84 Å². The van der Waals surface area contributed by atoms with Gasteiger partial charge in [-0.3, -0.25) is 10.3 Å². The van der Waals surface area contributed by atoms with Gasteiger partial charge in [0.2, 0.25) is 0 Å². The van der Waals surface area contributed by atoms with Gasteiger partial charge >= 0.3 is 6.03 Å². The van der Waals surface area contributed by atoms with Crippen molar-refractivity contribution in [1.29, 1.82) is 0 Å². The summed E-state index contributed by atoms with van der Waals surface area (Å²) in [6.45, 7) is 2.43. The fourth-order valence-electron chi connectivity index (χ4n) is 1.21. The Hall–Kier alpha value is -1.81. The lowest BCUT2D eigenvalue weighted by atomic mass is 10.2. The number of primary amides is 1. The van der Waals surface area contributed by atoms with Gasteiger partial charge in [-0.1, -0.05) is 29.8 Å². The molecule has 0 bridgehead atoms. The van der Waals surface area contributed by atoms with E-state index in [4.69, 9.17) is 17.3 Å². The summed E-state index contributed by atoms with van der Waals surface area (Å²) in [6, 6.07) is 6.75. The van der Waals surface area contributed by atoms with Gasteiger partial charge in [-0.05, 0) is 30.7 Å². The summed E-state index contributed by atoms with van der Waals surface area (Å²) in [5.41, 5.74) is 5.88. The smallest absolute Gasteiger partial charge is 0.317 e. The number of nitrogens with two attached hydrogens (primary N) is 1. The van der Waals surface area contributed by atoms with Crippen molar-refractivity contribution < 1.29 is 4.79 Å². The number of amides is 2. The molecular weight excluding hydrogens is 238 g/mol. The number of carbonyl (C=O) groups is 1. The third-order valence-corrected chi connectivity index (χ3v) is 2.25. The molecule has 1 aromatic rings. The predicted molar refractivity (Wildman–Crippen MR) is 71.2 cm³/mol. The lowest BCUT2D eigenvalue weighted by Crippen LogP contribution is -2.34. The van der Waals surface area contributed by atoms with E-state index in [1.165, 1.54) is 0 Å². The Labute approximate surface area is 105 Å². The highest BCUT2D eigenvalue weighted by molar-refractivity contribution is 6.32. The first-order valence-corrected chi connectivity index (χ1v) is 5.54. The van der Waals surface area contributed by atoms with Gasteiger partial charge in [0.25, 0.3) is 0 Å². The number of halogens is 1. The highest BCUT2D eigenvalue weighted by Crippen LogP contribution is 2.16. The minimum atomic E-state index is -0.638. The van der Waals surface area contributed by atoms with Crippen LogP contribution in [-0.2, 0) is 0 Å². The van der Waals surface area contributed by atoms with Crippen LogP contribution in [0.25, 0.3) is 6.08 Å². The molecule has 0 saturated carbocycles. The summed E-state index contributed by atoms with van der Waals surface area (Å²) in [4.78, 5) is 14.8. The molecule has 17 heavy (non-hydrogen) atoms. The zero-order valence-corrected chi connectivity index (χ0v) is 10.2. The molecule has 4 nitrogen and oxygen atoms in total. The summed E-state index contributed by atoms with van der Waals surface area (Å²) in [5, 5.41) is 3.07. The van der Waals surface area contributed by atoms with Crippen LogP contribution < -0.4 is 11.1 Å². The van der Waals surface area contributed by atoms with Crippen molar-refractivity contribution in [1.82, 2.24) is 5.32 Å². The van der Waals surface area contributed by atoms with E-state index in [1.807, 2.05) is 25.1 Å². The van der Waals surface area contributed by atoms with E-state index in [0.29, 0.717) is 17.4 Å². The molecule has 2 amide bonds. The van der Waals surface area contributed by atoms with Crippen molar-refractivity contribution in [2.45, 2.75) is 6.92 Å². The van der Waals surface area contributed by atoms with E-state index in [9.17, 15) is 4.79 Å². The Morgan fingerprint density at radius 1 is 1.53 bits per heavy atom. The first kappa shape index (κ1) is 13.3. The number of rotatable bonds is 3. The van der Waals surface area contributed by atoms with Gasteiger partial charge in [0.05, 0.1) is 0 Å². The molecule has 0 aliphatic carbocycles. The minimum Gasteiger partial charge on any atom is -0.351 e. The zero-order valence-electron chi connectivity index (χ0n) is 9.48. The molecule has 0 spiro atoms. The number of hydrogen-bond acceptors (Lipinski definition) is 2. The van der Waals surface area contributed by atoms with Crippen LogP contribution in [0.1, 0.15) is 12.5 Å². The molecule has 3 N–H and O–H groups in total. The Balaban J connectivity index is 2.84. The first-order valence-electron chi connectivity index (χ1n) is 5.17. The quantitative estimate of drug-likeness (QED) is 0.629. The number of urea groups is 1. The molecule has 0 radical (unpaired) electrons. The highest BCUT2D eigenvalue weighted by Gasteiger charge is 1.98. The van der Waals surface area contributed by atoms with Crippen LogP contribution in [0.3, 0.4) is 0 Å². The lowest BCUT2D eigenvalue weighted by molar-refractivity contribution is 0.253. The van der Waals surface area contributed by atoms with Crippen molar-refractivity contribution in [2.24, 2.45) is 10.7 Å². The second kappa shape index (κ2) is 6.70. The van der Waals surface area contributed by atoms with Crippen molar-refractivity contribution in [3.05, 3.63) is 40.9 Å². The molecule has 0 aromatic heterocycles. The van der Waals surface area contributed by atoms with Crippen LogP contribution >= 0.6 is 11.6 Å². The molecule has 0 aliphatic rings. The SMILES string of the molecule is CCN=C(/C=C/c1ccccc1Cl)NC(N)=O. The van der Waals surface area contributed by atoms with Gasteiger partial charge in [-0.2, -0.15) is 0 Å². The molecule has 1 rings (SSSR count). The Kier molecular flexibility index (Phi) is 5.23. The summed E-state index contributed by atoms with van der Waals surface area (Å²) >= 11 is 5.99. The largest absolute Gasteiger partial charge is 0.351 e. The number of carbonyl (C=O) groups excluding carboxylic acids is 1. The predicted octanol–water partition coefficient (Wildman–Crippen LogP) is 2.44. The Morgan fingerprint density at radius 2 is 2.24 bits per heavy atom. The van der Waals surface area contributed by atoms with E-state index < -0.39 is 6.03 Å². The fourth-order valence-corrected chi connectivity index (χ4v) is 1.41. The molecule has 5 heteroatoms. The van der Waals surface area contributed by atoms with E-state index >= 15 is 0 Å². The van der Waals surface area contributed by atoms with E-state index in [2.05, 4.69) is 10.3 Å². The molecule has 90 valence electrons. The third-order valence-electron chi connectivity index (χ3n) is 1.91. The standard InChI is InChI=1S/C12H14ClN3O/c1-2-15-11(16-12(14)17)8-7-9-5-3-4-6-10(9)13/h3-8H,2H2,1H3,(H3,14,15,16,17)/b8-7+. The van der Waals surface area contributed by atoms with E-state index in [-0.39, 0.29) is 0 Å². The summed E-state index contributed by atoms with van der Waals surface area (Å²) < 4.78 is 0. The number of nitrogens with one attached hydrogen (secondary N) is 1. The van der Waals surface area contributed by atoms with Crippen LogP contribution in [0.4, 0.5) is 4.79 Å². The first-order chi connectivity index (χ1) is 8.13. The molecule has 0 atom stereocenters. The van der Waals surface area contributed by atoms with Crippen molar-refractivity contribution >= 4 is 29.5 Å². The van der Waals surface area contributed by atoms with Crippen molar-refractivity contribution in [3.8, 4) is 0 Å². The van der Waals surface area contributed by atoms with Crippen LogP contribution in [0.15, 0.2) is 35.3 Å². The lowest BCUT2D eigenvalue weighted by Gasteiger charge is -2.01. The maximum absolute atomic E-state index is 10.7. The second-order valence-corrected chi connectivity index (χ2v) is 3.61. The molecule has 0 aliphatic heterocycles. The molecule has 0 saturated heterocycles. The normalized spacial score (nSPS) is 11.8. The molecule has 1 aromatic carbocycles. The monoisotopic (exact) mass is 251 g/mol. The number of amidine groups is 1. The molecule has 0 unspecified atom stereocenters. The maximum atomic E-state index is 10.7. The average Bonchev–Trinajstić information content (AvgIpc) is 2.27.